The van der Waals surface area contributed by atoms with Crippen LogP contribution in [0.3, 0.4) is 0 Å². The number of guanidine groups is 1. The van der Waals surface area contributed by atoms with Crippen LogP contribution < -0.4 is 16.0 Å². The van der Waals surface area contributed by atoms with E-state index in [1.807, 2.05) is 31.2 Å². The van der Waals surface area contributed by atoms with E-state index >= 15 is 0 Å². The van der Waals surface area contributed by atoms with Crippen LogP contribution in [0.1, 0.15) is 42.8 Å². The predicted octanol–water partition coefficient (Wildman–Crippen LogP) is 3.16. The van der Waals surface area contributed by atoms with Crippen LogP contribution in [0, 0.1) is 0 Å². The Morgan fingerprint density at radius 1 is 1.21 bits per heavy atom. The second-order valence-corrected chi connectivity index (χ2v) is 7.08. The van der Waals surface area contributed by atoms with Gasteiger partial charge < -0.3 is 25.1 Å². The number of hydrogen-bond acceptors (Lipinski definition) is 4. The van der Waals surface area contributed by atoms with Gasteiger partial charge in [-0.05, 0) is 56.5 Å². The Balaban J connectivity index is 1.54. The molecule has 150 valence electrons. The molecule has 1 atom stereocenters. The van der Waals surface area contributed by atoms with E-state index in [0.29, 0.717) is 12.2 Å². The molecule has 1 amide bonds. The lowest BCUT2D eigenvalue weighted by atomic mass is 10.0. The van der Waals surface area contributed by atoms with Gasteiger partial charge in [-0.15, -0.1) is 0 Å². The maximum Gasteiger partial charge on any atom is 0.291 e. The summed E-state index contributed by atoms with van der Waals surface area (Å²) in [4.78, 5) is 16.6. The lowest BCUT2D eigenvalue weighted by Crippen LogP contribution is -2.45. The van der Waals surface area contributed by atoms with Crippen molar-refractivity contribution in [2.45, 2.75) is 38.8 Å². The predicted molar refractivity (Wildman–Crippen MR) is 110 cm³/mol. The van der Waals surface area contributed by atoms with Crippen LogP contribution in [-0.4, -0.2) is 37.2 Å². The zero-order valence-corrected chi connectivity index (χ0v) is 16.5. The molecule has 0 bridgehead atoms. The van der Waals surface area contributed by atoms with Crippen molar-refractivity contribution in [2.24, 2.45) is 4.99 Å². The summed E-state index contributed by atoms with van der Waals surface area (Å²) in [5, 5.41) is 9.44. The number of anilines is 1. The van der Waals surface area contributed by atoms with Crippen LogP contribution in [0.2, 0.25) is 0 Å². The summed E-state index contributed by atoms with van der Waals surface area (Å²) >= 11 is 0. The van der Waals surface area contributed by atoms with E-state index in [4.69, 9.17) is 9.15 Å². The first kappa shape index (κ1) is 19.9. The summed E-state index contributed by atoms with van der Waals surface area (Å²) in [5.41, 5.74) is 1.64. The monoisotopic (exact) mass is 384 g/mol. The summed E-state index contributed by atoms with van der Waals surface area (Å²) in [6, 6.07) is 10.9. The highest BCUT2D eigenvalue weighted by Crippen LogP contribution is 2.23. The van der Waals surface area contributed by atoms with Crippen LogP contribution in [0.25, 0.3) is 0 Å². The molecule has 1 fully saturated rings. The Bertz CT molecular complexity index is 778. The number of furan rings is 1. The van der Waals surface area contributed by atoms with E-state index in [9.17, 15) is 4.79 Å². The molecule has 0 radical (unpaired) electrons. The van der Waals surface area contributed by atoms with E-state index in [1.165, 1.54) is 6.26 Å². The summed E-state index contributed by atoms with van der Waals surface area (Å²) in [7, 11) is 0. The van der Waals surface area contributed by atoms with E-state index in [-0.39, 0.29) is 17.3 Å². The first-order chi connectivity index (χ1) is 13.6. The lowest BCUT2D eigenvalue weighted by molar-refractivity contribution is 0.0243. The highest BCUT2D eigenvalue weighted by Gasteiger charge is 2.29. The maximum absolute atomic E-state index is 12.0. The molecular weight excluding hydrogens is 356 g/mol. The standard InChI is InChI=1S/C21H28N4O3/c1-3-22-20(24-15-21(2)11-5-13-28-21)23-14-16-7-9-17(10-8-16)25-19(26)18-6-4-12-27-18/h4,6-10,12H,3,5,11,13-15H2,1-2H3,(H,25,26)(H2,22,23,24). The van der Waals surface area contributed by atoms with Crippen LogP contribution >= 0.6 is 0 Å². The second-order valence-electron chi connectivity index (χ2n) is 7.08. The number of carbonyl (C=O) groups is 1. The third-order valence-electron chi connectivity index (χ3n) is 4.65. The van der Waals surface area contributed by atoms with E-state index in [0.717, 1.165) is 44.1 Å². The molecule has 1 aliphatic rings. The number of carbonyl (C=O) groups excluding carboxylic acids is 1. The fraction of sp³-hybridized carbons (Fsp3) is 0.429. The molecule has 0 spiro atoms. The van der Waals surface area contributed by atoms with Crippen molar-refractivity contribution < 1.29 is 13.9 Å². The molecule has 7 heteroatoms. The Kier molecular flexibility index (Phi) is 6.71. The van der Waals surface area contributed by atoms with Crippen molar-refractivity contribution in [1.82, 2.24) is 10.6 Å². The fourth-order valence-corrected chi connectivity index (χ4v) is 3.05. The number of amides is 1. The number of ether oxygens (including phenoxy) is 1. The summed E-state index contributed by atoms with van der Waals surface area (Å²) in [6.07, 6.45) is 3.64. The molecule has 1 aromatic carbocycles. The molecule has 3 N–H and O–H groups in total. The number of rotatable bonds is 7. The smallest absolute Gasteiger partial charge is 0.291 e. The first-order valence-electron chi connectivity index (χ1n) is 9.68. The van der Waals surface area contributed by atoms with Crippen LogP contribution in [0.15, 0.2) is 52.1 Å². The minimum absolute atomic E-state index is 0.121. The SMILES string of the molecule is CCNC(=NCc1ccc(NC(=O)c2ccco2)cc1)NCC1(C)CCCO1. The van der Waals surface area contributed by atoms with Gasteiger partial charge in [-0.2, -0.15) is 0 Å². The number of nitrogens with zero attached hydrogens (tertiary/aromatic N) is 1. The van der Waals surface area contributed by atoms with E-state index in [1.54, 1.807) is 12.1 Å². The van der Waals surface area contributed by atoms with Crippen molar-refractivity contribution in [1.29, 1.82) is 0 Å². The average Bonchev–Trinajstić information content (AvgIpc) is 3.38. The van der Waals surface area contributed by atoms with Crippen LogP contribution in [0.5, 0.6) is 0 Å². The van der Waals surface area contributed by atoms with Crippen molar-refractivity contribution in [3.05, 3.63) is 54.0 Å². The van der Waals surface area contributed by atoms with Gasteiger partial charge in [0.25, 0.3) is 5.91 Å². The molecular formula is C21H28N4O3. The molecule has 1 saturated heterocycles. The Morgan fingerprint density at radius 3 is 2.68 bits per heavy atom. The zero-order chi connectivity index (χ0) is 19.8. The lowest BCUT2D eigenvalue weighted by Gasteiger charge is -2.24. The molecule has 0 aliphatic carbocycles. The third kappa shape index (κ3) is 5.60. The molecule has 7 nitrogen and oxygen atoms in total. The number of benzene rings is 1. The largest absolute Gasteiger partial charge is 0.459 e. The van der Waals surface area contributed by atoms with Crippen LogP contribution in [-0.2, 0) is 11.3 Å². The van der Waals surface area contributed by atoms with Crippen molar-refractivity contribution in [3.63, 3.8) is 0 Å². The molecule has 1 aromatic heterocycles. The molecule has 2 heterocycles. The third-order valence-corrected chi connectivity index (χ3v) is 4.65. The van der Waals surface area contributed by atoms with Crippen molar-refractivity contribution in [2.75, 3.05) is 25.0 Å². The first-order valence-corrected chi connectivity index (χ1v) is 9.68. The van der Waals surface area contributed by atoms with Crippen molar-refractivity contribution in [3.8, 4) is 0 Å². The quantitative estimate of drug-likeness (QED) is 0.504. The van der Waals surface area contributed by atoms with Gasteiger partial charge in [0.2, 0.25) is 0 Å². The molecule has 1 unspecified atom stereocenters. The van der Waals surface area contributed by atoms with Gasteiger partial charge in [0.05, 0.1) is 18.4 Å². The summed E-state index contributed by atoms with van der Waals surface area (Å²) < 4.78 is 10.9. The summed E-state index contributed by atoms with van der Waals surface area (Å²) in [5.74, 6) is 0.793. The van der Waals surface area contributed by atoms with Gasteiger partial charge in [-0.1, -0.05) is 12.1 Å². The second kappa shape index (κ2) is 9.41. The Morgan fingerprint density at radius 2 is 2.04 bits per heavy atom. The van der Waals surface area contributed by atoms with Gasteiger partial charge in [-0.25, -0.2) is 4.99 Å². The normalized spacial score (nSPS) is 19.4. The topological polar surface area (TPSA) is 87.9 Å². The van der Waals surface area contributed by atoms with Crippen molar-refractivity contribution >= 4 is 17.6 Å². The molecule has 0 saturated carbocycles. The minimum atomic E-state index is -0.267. The van der Waals surface area contributed by atoms with Gasteiger partial charge in [0.15, 0.2) is 11.7 Å². The van der Waals surface area contributed by atoms with Gasteiger partial charge in [0, 0.05) is 25.4 Å². The fourth-order valence-electron chi connectivity index (χ4n) is 3.05. The average molecular weight is 384 g/mol. The van der Waals surface area contributed by atoms with Gasteiger partial charge in [0.1, 0.15) is 0 Å². The van der Waals surface area contributed by atoms with E-state index in [2.05, 4.69) is 27.9 Å². The Hall–Kier alpha value is -2.80. The number of aliphatic imine (C=N–C) groups is 1. The molecule has 3 rings (SSSR count). The van der Waals surface area contributed by atoms with E-state index < -0.39 is 0 Å². The highest BCUT2D eigenvalue weighted by atomic mass is 16.5. The number of hydrogen-bond donors (Lipinski definition) is 3. The summed E-state index contributed by atoms with van der Waals surface area (Å²) in [6.45, 7) is 7.07. The highest BCUT2D eigenvalue weighted by molar-refractivity contribution is 6.02. The molecule has 28 heavy (non-hydrogen) atoms. The molecule has 1 aliphatic heterocycles. The van der Waals surface area contributed by atoms with Gasteiger partial charge >= 0.3 is 0 Å². The number of nitrogens with one attached hydrogen (secondary N) is 3. The minimum Gasteiger partial charge on any atom is -0.459 e. The maximum atomic E-state index is 12.0. The van der Waals surface area contributed by atoms with Gasteiger partial charge in [-0.3, -0.25) is 4.79 Å². The molecule has 2 aromatic rings. The Labute approximate surface area is 165 Å². The zero-order valence-electron chi connectivity index (χ0n) is 16.5. The van der Waals surface area contributed by atoms with Crippen LogP contribution in [0.4, 0.5) is 5.69 Å².